The van der Waals surface area contributed by atoms with Crippen LogP contribution >= 0.6 is 0 Å². The number of aliphatic hydroxyl groups excluding tert-OH is 1. The van der Waals surface area contributed by atoms with E-state index in [9.17, 15) is 13.0 Å². The Balaban J connectivity index is 0.000000441. The van der Waals surface area contributed by atoms with Crippen LogP contribution in [0.1, 0.15) is 25.7 Å². The van der Waals surface area contributed by atoms with Gasteiger partial charge in [0.05, 0.1) is 37.9 Å². The Bertz CT molecular complexity index is 333. The Morgan fingerprint density at radius 1 is 1.15 bits per heavy atom. The first kappa shape index (κ1) is 19.8. The molecular weight excluding hydrogens is 280 g/mol. The van der Waals surface area contributed by atoms with E-state index >= 15 is 0 Å². The van der Waals surface area contributed by atoms with E-state index in [4.69, 9.17) is 5.11 Å². The number of nitrogens with zero attached hydrogens (tertiary/aromatic N) is 2. The van der Waals surface area contributed by atoms with Gasteiger partial charge in [0.25, 0.3) is 0 Å². The quantitative estimate of drug-likeness (QED) is 0.409. The van der Waals surface area contributed by atoms with Gasteiger partial charge in [-0.3, -0.25) is 0 Å². The van der Waals surface area contributed by atoms with Crippen LogP contribution in [0.5, 0.6) is 0 Å². The van der Waals surface area contributed by atoms with Crippen molar-refractivity contribution < 1.29 is 22.6 Å². The number of quaternary nitrogens is 1. The zero-order valence-electron chi connectivity index (χ0n) is 13.0. The largest absolute Gasteiger partial charge is 0.748 e. The van der Waals surface area contributed by atoms with Crippen LogP contribution in [-0.2, 0) is 10.1 Å². The zero-order chi connectivity index (χ0) is 15.6. The molecule has 1 heterocycles. The lowest BCUT2D eigenvalue weighted by Crippen LogP contribution is -2.36. The molecular formula is C13H30N2O4S. The van der Waals surface area contributed by atoms with Crippen molar-refractivity contribution in [2.75, 3.05) is 59.7 Å². The van der Waals surface area contributed by atoms with Crippen molar-refractivity contribution in [1.29, 1.82) is 0 Å². The molecule has 0 spiro atoms. The third-order valence-corrected chi connectivity index (χ3v) is 3.88. The predicted molar refractivity (Wildman–Crippen MR) is 79.5 cm³/mol. The van der Waals surface area contributed by atoms with Crippen LogP contribution in [0.2, 0.25) is 0 Å². The lowest BCUT2D eigenvalue weighted by atomic mass is 10.3. The first-order chi connectivity index (χ1) is 9.14. The molecule has 0 saturated carbocycles. The number of unbranched alkanes of at least 4 members (excludes halogenated alkanes) is 1. The maximum atomic E-state index is 10.3. The second-order valence-corrected chi connectivity index (χ2v) is 7.78. The molecule has 0 aromatic carbocycles. The van der Waals surface area contributed by atoms with Crippen molar-refractivity contribution in [2.24, 2.45) is 0 Å². The summed E-state index contributed by atoms with van der Waals surface area (Å²) >= 11 is 0. The minimum Gasteiger partial charge on any atom is -0.748 e. The molecule has 0 aromatic rings. The first-order valence-electron chi connectivity index (χ1n) is 7.21. The van der Waals surface area contributed by atoms with Gasteiger partial charge in [0.15, 0.2) is 0 Å². The molecule has 1 N–H and O–H groups in total. The molecule has 7 heteroatoms. The van der Waals surface area contributed by atoms with Crippen LogP contribution < -0.4 is 0 Å². The first-order valence-corrected chi connectivity index (χ1v) is 8.79. The lowest BCUT2D eigenvalue weighted by Gasteiger charge is -2.21. The maximum Gasteiger partial charge on any atom is 0.101 e. The number of hydrogen-bond donors (Lipinski definition) is 1. The van der Waals surface area contributed by atoms with Gasteiger partial charge in [0, 0.05) is 5.75 Å². The molecule has 1 saturated heterocycles. The van der Waals surface area contributed by atoms with E-state index in [1.807, 2.05) is 0 Å². The highest BCUT2D eigenvalue weighted by Gasteiger charge is 2.10. The van der Waals surface area contributed by atoms with Crippen LogP contribution in [0.15, 0.2) is 0 Å². The summed E-state index contributed by atoms with van der Waals surface area (Å²) < 4.78 is 31.6. The molecule has 0 unspecified atom stereocenters. The molecule has 0 aliphatic carbocycles. The minimum atomic E-state index is -3.99. The summed E-state index contributed by atoms with van der Waals surface area (Å²) in [6.07, 6.45) is 3.82. The summed E-state index contributed by atoms with van der Waals surface area (Å²) in [4.78, 5) is 2.32. The standard InChI is InChI=1S/C8H17NO3S.C5H14NO/c10-13(11,12)8-4-3-7-9-5-1-2-6-9;1-6(2,3)4-5-7/h1-8H2,(H,10,11,12);7H,4-5H2,1-3H3/q;+1/p-1. The molecule has 1 rings (SSSR count). The van der Waals surface area contributed by atoms with Crippen molar-refractivity contribution in [3.8, 4) is 0 Å². The second-order valence-electron chi connectivity index (χ2n) is 6.26. The SMILES string of the molecule is C[N+](C)(C)CCO.O=S(=O)([O-])CCCCN1CCCC1. The molecule has 0 amide bonds. The van der Waals surface area contributed by atoms with E-state index in [1.54, 1.807) is 0 Å². The average molecular weight is 310 g/mol. The highest BCUT2D eigenvalue weighted by molar-refractivity contribution is 7.85. The summed E-state index contributed by atoms with van der Waals surface area (Å²) in [5.74, 6) is -0.208. The number of likely N-dealkylation sites (N-methyl/N-ethyl adjacent to an activating group) is 1. The van der Waals surface area contributed by atoms with Gasteiger partial charge in [-0.25, -0.2) is 8.42 Å². The average Bonchev–Trinajstić information content (AvgIpc) is 2.75. The molecule has 122 valence electrons. The Morgan fingerprint density at radius 2 is 1.70 bits per heavy atom. The monoisotopic (exact) mass is 310 g/mol. The zero-order valence-corrected chi connectivity index (χ0v) is 13.9. The van der Waals surface area contributed by atoms with Gasteiger partial charge in [-0.15, -0.1) is 0 Å². The van der Waals surface area contributed by atoms with Gasteiger partial charge in [0.2, 0.25) is 0 Å². The Hall–Kier alpha value is -0.210. The summed E-state index contributed by atoms with van der Waals surface area (Å²) in [6.45, 7) is 4.31. The van der Waals surface area contributed by atoms with Crippen LogP contribution in [-0.4, -0.2) is 87.1 Å². The van der Waals surface area contributed by atoms with E-state index in [2.05, 4.69) is 26.0 Å². The van der Waals surface area contributed by atoms with Gasteiger partial charge in [-0.1, -0.05) is 0 Å². The Kier molecular flexibility index (Phi) is 9.58. The van der Waals surface area contributed by atoms with Gasteiger partial charge >= 0.3 is 0 Å². The van der Waals surface area contributed by atoms with E-state index in [1.165, 1.54) is 12.8 Å². The fourth-order valence-corrected chi connectivity index (χ4v) is 2.48. The summed E-state index contributed by atoms with van der Waals surface area (Å²) in [5.41, 5.74) is 0. The Labute approximate surface area is 123 Å². The summed E-state index contributed by atoms with van der Waals surface area (Å²) in [7, 11) is 2.17. The number of rotatable bonds is 7. The van der Waals surface area contributed by atoms with Crippen LogP contribution in [0, 0.1) is 0 Å². The highest BCUT2D eigenvalue weighted by atomic mass is 32.2. The molecule has 20 heavy (non-hydrogen) atoms. The van der Waals surface area contributed by atoms with Crippen molar-refractivity contribution in [3.63, 3.8) is 0 Å². The normalized spacial score (nSPS) is 16.9. The van der Waals surface area contributed by atoms with E-state index in [0.717, 1.165) is 37.1 Å². The molecule has 0 atom stereocenters. The molecule has 0 aromatic heterocycles. The van der Waals surface area contributed by atoms with Gasteiger partial charge in [0.1, 0.15) is 6.54 Å². The Morgan fingerprint density at radius 3 is 2.05 bits per heavy atom. The molecule has 1 aliphatic heterocycles. The van der Waals surface area contributed by atoms with Gasteiger partial charge in [-0.2, -0.15) is 0 Å². The van der Waals surface area contributed by atoms with Gasteiger partial charge < -0.3 is 19.0 Å². The molecule has 1 fully saturated rings. The third-order valence-electron chi connectivity index (χ3n) is 3.09. The minimum absolute atomic E-state index is 0.208. The second kappa shape index (κ2) is 9.68. The topological polar surface area (TPSA) is 80.7 Å². The molecule has 6 nitrogen and oxygen atoms in total. The van der Waals surface area contributed by atoms with Crippen LogP contribution in [0.4, 0.5) is 0 Å². The molecule has 1 aliphatic rings. The lowest BCUT2D eigenvalue weighted by molar-refractivity contribution is -0.870. The smallest absolute Gasteiger partial charge is 0.101 e. The van der Waals surface area contributed by atoms with E-state index < -0.39 is 10.1 Å². The van der Waals surface area contributed by atoms with E-state index in [-0.39, 0.29) is 12.4 Å². The fraction of sp³-hybridized carbons (Fsp3) is 1.00. The van der Waals surface area contributed by atoms with Crippen molar-refractivity contribution in [1.82, 2.24) is 4.90 Å². The fourth-order valence-electron chi connectivity index (χ4n) is 1.92. The number of aliphatic hydroxyl groups is 1. The summed E-state index contributed by atoms with van der Waals surface area (Å²) in [6, 6.07) is 0. The van der Waals surface area contributed by atoms with Crippen molar-refractivity contribution in [3.05, 3.63) is 0 Å². The summed E-state index contributed by atoms with van der Waals surface area (Å²) in [5, 5.41) is 8.39. The van der Waals surface area contributed by atoms with E-state index in [0.29, 0.717) is 6.42 Å². The highest BCUT2D eigenvalue weighted by Crippen LogP contribution is 2.08. The number of hydrogen-bond acceptors (Lipinski definition) is 5. The third kappa shape index (κ3) is 14.2. The maximum absolute atomic E-state index is 10.3. The predicted octanol–water partition coefficient (Wildman–Crippen LogP) is 0.0925. The van der Waals surface area contributed by atoms with Crippen LogP contribution in [0.25, 0.3) is 0 Å². The molecule has 0 radical (unpaired) electrons. The van der Waals surface area contributed by atoms with Crippen LogP contribution in [0.3, 0.4) is 0 Å². The van der Waals surface area contributed by atoms with Crippen molar-refractivity contribution >= 4 is 10.1 Å². The van der Waals surface area contributed by atoms with Crippen molar-refractivity contribution in [2.45, 2.75) is 25.7 Å². The molecule has 0 bridgehead atoms. The van der Waals surface area contributed by atoms with Gasteiger partial charge in [-0.05, 0) is 45.3 Å². The number of likely N-dealkylation sites (tertiary alicyclic amines) is 1.